The minimum Gasteiger partial charge on any atom is -0.377 e. The number of carbonyl (C=O) groups excluding carboxylic acids is 1. The monoisotopic (exact) mass is 303 g/mol. The van der Waals surface area contributed by atoms with E-state index in [0.717, 1.165) is 17.0 Å². The number of morpholine rings is 1. The zero-order chi connectivity index (χ0) is 15.7. The van der Waals surface area contributed by atoms with E-state index in [0.29, 0.717) is 38.4 Å². The van der Waals surface area contributed by atoms with Crippen LogP contribution in [0.15, 0.2) is 6.33 Å². The molecule has 7 nitrogen and oxygen atoms in total. The van der Waals surface area contributed by atoms with Gasteiger partial charge in [-0.25, -0.2) is 9.50 Å². The van der Waals surface area contributed by atoms with Crippen LogP contribution >= 0.6 is 0 Å². The van der Waals surface area contributed by atoms with Crippen LogP contribution in [0.2, 0.25) is 0 Å². The highest BCUT2D eigenvalue weighted by molar-refractivity contribution is 5.77. The molecular weight excluding hydrogens is 282 g/mol. The van der Waals surface area contributed by atoms with E-state index in [-0.39, 0.29) is 11.9 Å². The highest BCUT2D eigenvalue weighted by Crippen LogP contribution is 2.16. The quantitative estimate of drug-likeness (QED) is 0.843. The summed E-state index contributed by atoms with van der Waals surface area (Å²) in [4.78, 5) is 22.9. The van der Waals surface area contributed by atoms with Gasteiger partial charge in [0, 0.05) is 24.4 Å². The van der Waals surface area contributed by atoms with Crippen LogP contribution in [-0.4, -0.2) is 56.2 Å². The first-order valence-corrected chi connectivity index (χ1v) is 7.61. The molecule has 1 saturated heterocycles. The van der Waals surface area contributed by atoms with Crippen LogP contribution in [0.25, 0.3) is 5.78 Å². The highest BCUT2D eigenvalue weighted by atomic mass is 16.5. The largest absolute Gasteiger partial charge is 0.377 e. The second kappa shape index (κ2) is 6.00. The van der Waals surface area contributed by atoms with Crippen molar-refractivity contribution < 1.29 is 9.53 Å². The third kappa shape index (κ3) is 2.68. The number of carbonyl (C=O) groups is 1. The molecule has 1 aliphatic heterocycles. The van der Waals surface area contributed by atoms with Crippen molar-refractivity contribution in [1.82, 2.24) is 24.5 Å². The van der Waals surface area contributed by atoms with Gasteiger partial charge in [-0.15, -0.1) is 0 Å². The van der Waals surface area contributed by atoms with Gasteiger partial charge in [0.2, 0.25) is 5.91 Å². The maximum Gasteiger partial charge on any atom is 0.252 e. The van der Waals surface area contributed by atoms with Crippen LogP contribution in [0.1, 0.15) is 30.3 Å². The van der Waals surface area contributed by atoms with Gasteiger partial charge < -0.3 is 9.64 Å². The zero-order valence-corrected chi connectivity index (χ0v) is 13.2. The molecule has 0 spiro atoms. The topological polar surface area (TPSA) is 72.6 Å². The van der Waals surface area contributed by atoms with Crippen molar-refractivity contribution in [2.24, 2.45) is 0 Å². The maximum atomic E-state index is 12.4. The van der Waals surface area contributed by atoms with Crippen molar-refractivity contribution in [3.05, 3.63) is 23.3 Å². The molecule has 1 unspecified atom stereocenters. The van der Waals surface area contributed by atoms with Crippen molar-refractivity contribution >= 4 is 11.7 Å². The van der Waals surface area contributed by atoms with Crippen molar-refractivity contribution in [3.8, 4) is 0 Å². The second-order valence-electron chi connectivity index (χ2n) is 5.74. The summed E-state index contributed by atoms with van der Waals surface area (Å²) in [6.45, 7) is 7.90. The van der Waals surface area contributed by atoms with Gasteiger partial charge in [0.05, 0.1) is 19.3 Å². The number of aryl methyl sites for hydroxylation is 2. The van der Waals surface area contributed by atoms with Crippen LogP contribution in [0.3, 0.4) is 0 Å². The fraction of sp³-hybridized carbons (Fsp3) is 0.600. The second-order valence-corrected chi connectivity index (χ2v) is 5.74. The fourth-order valence-corrected chi connectivity index (χ4v) is 2.99. The molecular formula is C15H21N5O2. The first-order valence-electron chi connectivity index (χ1n) is 7.61. The summed E-state index contributed by atoms with van der Waals surface area (Å²) in [5.41, 5.74) is 3.00. The molecule has 1 amide bonds. The maximum absolute atomic E-state index is 12.4. The molecule has 7 heteroatoms. The number of rotatable bonds is 3. The molecule has 2 aromatic rings. The van der Waals surface area contributed by atoms with Crippen LogP contribution in [0, 0.1) is 13.8 Å². The molecule has 0 bridgehead atoms. The highest BCUT2D eigenvalue weighted by Gasteiger charge is 2.23. The number of fused-ring (bicyclic) bond motifs is 1. The van der Waals surface area contributed by atoms with E-state index in [1.54, 1.807) is 4.52 Å². The Kier molecular flexibility index (Phi) is 4.06. The Bertz CT molecular complexity index is 697. The standard InChI is InChI=1S/C15H21N5O2/c1-10-8-22-7-6-19(10)14(21)5-4-13-11(2)18-15-16-9-17-20(15)12(13)3/h9-10H,4-8H2,1-3H3. The molecule has 22 heavy (non-hydrogen) atoms. The van der Waals surface area contributed by atoms with Crippen LogP contribution < -0.4 is 0 Å². The minimum atomic E-state index is 0.152. The van der Waals surface area contributed by atoms with E-state index < -0.39 is 0 Å². The lowest BCUT2D eigenvalue weighted by molar-refractivity contribution is -0.139. The molecule has 118 valence electrons. The van der Waals surface area contributed by atoms with Gasteiger partial charge >= 0.3 is 0 Å². The summed E-state index contributed by atoms with van der Waals surface area (Å²) >= 11 is 0. The lowest BCUT2D eigenvalue weighted by Gasteiger charge is -2.33. The van der Waals surface area contributed by atoms with Crippen molar-refractivity contribution in [1.29, 1.82) is 0 Å². The Morgan fingerprint density at radius 3 is 3.05 bits per heavy atom. The molecule has 1 atom stereocenters. The van der Waals surface area contributed by atoms with Gasteiger partial charge in [-0.05, 0) is 32.8 Å². The van der Waals surface area contributed by atoms with Crippen LogP contribution in [0.4, 0.5) is 0 Å². The summed E-state index contributed by atoms with van der Waals surface area (Å²) in [6, 6.07) is 0.152. The van der Waals surface area contributed by atoms with Crippen LogP contribution in [-0.2, 0) is 16.0 Å². The average molecular weight is 303 g/mol. The summed E-state index contributed by atoms with van der Waals surface area (Å²) < 4.78 is 7.11. The third-order valence-corrected chi connectivity index (χ3v) is 4.27. The SMILES string of the molecule is Cc1nc2ncnn2c(C)c1CCC(=O)N1CCOCC1C. The molecule has 1 aliphatic rings. The first kappa shape index (κ1) is 14.9. The Balaban J connectivity index is 1.74. The van der Waals surface area contributed by atoms with E-state index >= 15 is 0 Å². The summed E-state index contributed by atoms with van der Waals surface area (Å²) in [5.74, 6) is 0.778. The number of amides is 1. The third-order valence-electron chi connectivity index (χ3n) is 4.27. The van der Waals surface area contributed by atoms with E-state index in [1.807, 2.05) is 25.7 Å². The van der Waals surface area contributed by atoms with Gasteiger partial charge in [0.15, 0.2) is 0 Å². The smallest absolute Gasteiger partial charge is 0.252 e. The molecule has 0 radical (unpaired) electrons. The Hall–Kier alpha value is -2.02. The van der Waals surface area contributed by atoms with Gasteiger partial charge in [0.25, 0.3) is 5.78 Å². The van der Waals surface area contributed by atoms with Gasteiger partial charge in [-0.3, -0.25) is 4.79 Å². The van der Waals surface area contributed by atoms with Gasteiger partial charge in [-0.2, -0.15) is 10.1 Å². The van der Waals surface area contributed by atoms with E-state index in [1.165, 1.54) is 6.33 Å². The van der Waals surface area contributed by atoms with Gasteiger partial charge in [0.1, 0.15) is 6.33 Å². The molecule has 0 N–H and O–H groups in total. The molecule has 1 fully saturated rings. The van der Waals surface area contributed by atoms with Crippen molar-refractivity contribution in [2.75, 3.05) is 19.8 Å². The molecule has 0 saturated carbocycles. The Morgan fingerprint density at radius 1 is 1.45 bits per heavy atom. The molecule has 0 aliphatic carbocycles. The molecule has 2 aromatic heterocycles. The minimum absolute atomic E-state index is 0.152. The van der Waals surface area contributed by atoms with E-state index in [9.17, 15) is 4.79 Å². The zero-order valence-electron chi connectivity index (χ0n) is 13.2. The predicted octanol–water partition coefficient (Wildman–Crippen LogP) is 0.921. The van der Waals surface area contributed by atoms with Crippen molar-refractivity contribution in [3.63, 3.8) is 0 Å². The number of ether oxygens (including phenoxy) is 1. The summed E-state index contributed by atoms with van der Waals surface area (Å²) in [5, 5.41) is 4.18. The average Bonchev–Trinajstić information content (AvgIpc) is 2.95. The lowest BCUT2D eigenvalue weighted by Crippen LogP contribution is -2.47. The Morgan fingerprint density at radius 2 is 2.27 bits per heavy atom. The first-order chi connectivity index (χ1) is 10.6. The van der Waals surface area contributed by atoms with Crippen LogP contribution in [0.5, 0.6) is 0 Å². The number of hydrogen-bond acceptors (Lipinski definition) is 5. The molecule has 3 rings (SSSR count). The number of hydrogen-bond donors (Lipinski definition) is 0. The van der Waals surface area contributed by atoms with Gasteiger partial charge in [-0.1, -0.05) is 0 Å². The summed E-state index contributed by atoms with van der Waals surface area (Å²) in [7, 11) is 0. The van der Waals surface area contributed by atoms with E-state index in [4.69, 9.17) is 4.74 Å². The Labute approximate surface area is 129 Å². The normalized spacial score (nSPS) is 18.9. The van der Waals surface area contributed by atoms with E-state index in [2.05, 4.69) is 15.1 Å². The molecule has 3 heterocycles. The predicted molar refractivity (Wildman–Crippen MR) is 80.6 cm³/mol. The molecule has 0 aromatic carbocycles. The number of nitrogens with zero attached hydrogens (tertiary/aromatic N) is 5. The number of aromatic nitrogens is 4. The lowest BCUT2D eigenvalue weighted by atomic mass is 10.1. The summed E-state index contributed by atoms with van der Waals surface area (Å²) in [6.07, 6.45) is 2.65. The fourth-order valence-electron chi connectivity index (χ4n) is 2.99. The van der Waals surface area contributed by atoms with Crippen molar-refractivity contribution in [2.45, 2.75) is 39.7 Å².